The lowest BCUT2D eigenvalue weighted by Crippen LogP contribution is -2.07. The number of halogens is 4. The molecule has 0 aliphatic rings. The number of phenols is 1. The quantitative estimate of drug-likeness (QED) is 0.696. The van der Waals surface area contributed by atoms with Gasteiger partial charge in [-0.3, -0.25) is 0 Å². The average molecular weight is 370 g/mol. The average Bonchev–Trinajstić information content (AvgIpc) is 2.55. The second-order valence-corrected chi connectivity index (χ2v) is 5.49. The molecule has 0 fully saturated rings. The number of nitrogens with one attached hydrogen (secondary N) is 1. The summed E-state index contributed by atoms with van der Waals surface area (Å²) in [4.78, 5) is 8.07. The second-order valence-electron chi connectivity index (χ2n) is 5.08. The van der Waals surface area contributed by atoms with E-state index in [2.05, 4.69) is 15.3 Å². The molecule has 2 aromatic carbocycles. The van der Waals surface area contributed by atoms with Crippen LogP contribution in [0.15, 0.2) is 36.7 Å². The smallest absolute Gasteiger partial charge is 0.417 e. The van der Waals surface area contributed by atoms with Gasteiger partial charge < -0.3 is 15.2 Å². The highest BCUT2D eigenvalue weighted by Gasteiger charge is 2.33. The Hall–Kier alpha value is -2.74. The number of ether oxygens (including phenoxy) is 1. The summed E-state index contributed by atoms with van der Waals surface area (Å²) in [6.45, 7) is 0. The van der Waals surface area contributed by atoms with E-state index in [1.807, 2.05) is 0 Å². The molecule has 3 aromatic rings. The fourth-order valence-corrected chi connectivity index (χ4v) is 2.52. The Kier molecular flexibility index (Phi) is 4.30. The van der Waals surface area contributed by atoms with Crippen molar-refractivity contribution in [3.63, 3.8) is 0 Å². The van der Waals surface area contributed by atoms with Crippen LogP contribution < -0.4 is 10.1 Å². The van der Waals surface area contributed by atoms with Gasteiger partial charge >= 0.3 is 6.18 Å². The minimum atomic E-state index is -4.57. The largest absolute Gasteiger partial charge is 0.504 e. The van der Waals surface area contributed by atoms with Gasteiger partial charge in [-0.05, 0) is 24.3 Å². The number of hydrogen-bond acceptors (Lipinski definition) is 5. The van der Waals surface area contributed by atoms with Gasteiger partial charge in [-0.2, -0.15) is 13.2 Å². The minimum absolute atomic E-state index is 0.106. The van der Waals surface area contributed by atoms with Crippen LogP contribution in [0, 0.1) is 0 Å². The summed E-state index contributed by atoms with van der Waals surface area (Å²) in [5.74, 6) is 0.349. The maximum atomic E-state index is 13.0. The lowest BCUT2D eigenvalue weighted by Gasteiger charge is -2.13. The first-order valence-electron chi connectivity index (χ1n) is 6.95. The summed E-state index contributed by atoms with van der Waals surface area (Å²) < 4.78 is 44.0. The molecule has 0 saturated carbocycles. The summed E-state index contributed by atoms with van der Waals surface area (Å²) >= 11 is 5.62. The van der Waals surface area contributed by atoms with Crippen LogP contribution in [0.4, 0.5) is 24.7 Å². The molecule has 0 radical (unpaired) electrons. The summed E-state index contributed by atoms with van der Waals surface area (Å²) in [7, 11) is 1.38. The number of benzene rings is 2. The first-order chi connectivity index (χ1) is 11.8. The van der Waals surface area contributed by atoms with Crippen molar-refractivity contribution in [3.05, 3.63) is 47.2 Å². The maximum Gasteiger partial charge on any atom is 0.417 e. The molecule has 3 rings (SSSR count). The van der Waals surface area contributed by atoms with Gasteiger partial charge in [0, 0.05) is 17.1 Å². The van der Waals surface area contributed by atoms with Crippen molar-refractivity contribution < 1.29 is 23.0 Å². The molecule has 5 nitrogen and oxygen atoms in total. The number of aromatic nitrogens is 2. The molecule has 0 saturated heterocycles. The topological polar surface area (TPSA) is 67.3 Å². The molecule has 1 aromatic heterocycles. The van der Waals surface area contributed by atoms with E-state index >= 15 is 0 Å². The van der Waals surface area contributed by atoms with Crippen LogP contribution in [-0.4, -0.2) is 22.2 Å². The van der Waals surface area contributed by atoms with Crippen LogP contribution in [0.1, 0.15) is 5.56 Å². The van der Waals surface area contributed by atoms with Gasteiger partial charge in [-0.25, -0.2) is 9.97 Å². The monoisotopic (exact) mass is 369 g/mol. The zero-order valence-electron chi connectivity index (χ0n) is 12.7. The van der Waals surface area contributed by atoms with Crippen molar-refractivity contribution in [3.8, 4) is 11.5 Å². The van der Waals surface area contributed by atoms with Crippen LogP contribution in [0.25, 0.3) is 10.9 Å². The van der Waals surface area contributed by atoms with Crippen molar-refractivity contribution in [2.75, 3.05) is 12.4 Å². The van der Waals surface area contributed by atoms with Crippen LogP contribution in [-0.2, 0) is 6.18 Å². The van der Waals surface area contributed by atoms with Gasteiger partial charge in [0.2, 0.25) is 0 Å². The normalized spacial score (nSPS) is 11.6. The van der Waals surface area contributed by atoms with Crippen molar-refractivity contribution in [1.29, 1.82) is 0 Å². The Labute approximate surface area is 145 Å². The highest BCUT2D eigenvalue weighted by molar-refractivity contribution is 6.31. The number of alkyl halides is 3. The first-order valence-corrected chi connectivity index (χ1v) is 7.33. The Bertz CT molecular complexity index is 948. The van der Waals surface area contributed by atoms with Crippen molar-refractivity contribution >= 4 is 34.0 Å². The Balaban J connectivity index is 2.07. The van der Waals surface area contributed by atoms with E-state index in [-0.39, 0.29) is 23.0 Å². The second kappa shape index (κ2) is 6.29. The van der Waals surface area contributed by atoms with Crippen LogP contribution in [0.2, 0.25) is 5.02 Å². The molecule has 2 N–H and O–H groups in total. The maximum absolute atomic E-state index is 13.0. The number of hydrogen-bond donors (Lipinski definition) is 2. The molecule has 25 heavy (non-hydrogen) atoms. The molecule has 0 aliphatic carbocycles. The third kappa shape index (κ3) is 3.39. The third-order valence-corrected chi connectivity index (χ3v) is 3.80. The predicted octanol–water partition coefficient (Wildman–Crippen LogP) is 4.76. The molecule has 0 unspecified atom stereocenters. The SMILES string of the molecule is COc1cc2c(Nc3ccc(Cl)c(C(F)(F)F)c3)ncnc2cc1O. The van der Waals surface area contributed by atoms with E-state index in [0.29, 0.717) is 10.9 Å². The zero-order valence-corrected chi connectivity index (χ0v) is 13.5. The molecule has 9 heteroatoms. The predicted molar refractivity (Wildman–Crippen MR) is 87.5 cm³/mol. The number of anilines is 2. The van der Waals surface area contributed by atoms with Crippen LogP contribution in [0.3, 0.4) is 0 Å². The number of fused-ring (bicyclic) bond motifs is 1. The van der Waals surface area contributed by atoms with E-state index in [1.165, 1.54) is 31.6 Å². The first kappa shape index (κ1) is 17.1. The van der Waals surface area contributed by atoms with Crippen LogP contribution in [0.5, 0.6) is 11.5 Å². The Morgan fingerprint density at radius 3 is 2.60 bits per heavy atom. The van der Waals surface area contributed by atoms with Gasteiger partial charge in [-0.15, -0.1) is 0 Å². The van der Waals surface area contributed by atoms with E-state index < -0.39 is 16.8 Å². The fraction of sp³-hybridized carbons (Fsp3) is 0.125. The molecule has 0 amide bonds. The van der Waals surface area contributed by atoms with Gasteiger partial charge in [0.15, 0.2) is 11.5 Å². The standard InChI is InChI=1S/C16H11ClF3N3O2/c1-25-14-5-9-12(6-13(14)24)21-7-22-15(9)23-8-2-3-11(17)10(4-8)16(18,19)20/h2-7,24H,1H3,(H,21,22,23). The lowest BCUT2D eigenvalue weighted by molar-refractivity contribution is -0.137. The third-order valence-electron chi connectivity index (χ3n) is 3.47. The van der Waals surface area contributed by atoms with Gasteiger partial charge in [0.1, 0.15) is 12.1 Å². The number of nitrogens with zero attached hydrogens (tertiary/aromatic N) is 2. The van der Waals surface area contributed by atoms with Crippen molar-refractivity contribution in [1.82, 2.24) is 9.97 Å². The highest BCUT2D eigenvalue weighted by atomic mass is 35.5. The summed E-state index contributed by atoms with van der Waals surface area (Å²) in [5.41, 5.74) is -0.391. The van der Waals surface area contributed by atoms with Gasteiger partial charge in [0.25, 0.3) is 0 Å². The van der Waals surface area contributed by atoms with E-state index in [1.54, 1.807) is 0 Å². The fourth-order valence-electron chi connectivity index (χ4n) is 2.29. The summed E-state index contributed by atoms with van der Waals surface area (Å²) in [6, 6.07) is 6.33. The van der Waals surface area contributed by atoms with E-state index in [0.717, 1.165) is 12.1 Å². The molecular weight excluding hydrogens is 359 g/mol. The van der Waals surface area contributed by atoms with Crippen LogP contribution >= 0.6 is 11.6 Å². The Morgan fingerprint density at radius 2 is 1.92 bits per heavy atom. The summed E-state index contributed by atoms with van der Waals surface area (Å²) in [5, 5.41) is 12.7. The molecular formula is C16H11ClF3N3O2. The number of methoxy groups -OCH3 is 1. The number of rotatable bonds is 3. The minimum Gasteiger partial charge on any atom is -0.504 e. The molecule has 0 atom stereocenters. The van der Waals surface area contributed by atoms with Crippen molar-refractivity contribution in [2.24, 2.45) is 0 Å². The molecule has 130 valence electrons. The molecule has 0 bridgehead atoms. The summed E-state index contributed by atoms with van der Waals surface area (Å²) in [6.07, 6.45) is -3.34. The number of phenolic OH excluding ortho intramolecular Hbond substituents is 1. The molecule has 1 heterocycles. The van der Waals surface area contributed by atoms with E-state index in [4.69, 9.17) is 16.3 Å². The zero-order chi connectivity index (χ0) is 18.2. The molecule has 0 aliphatic heterocycles. The van der Waals surface area contributed by atoms with E-state index in [9.17, 15) is 18.3 Å². The molecule has 0 spiro atoms. The lowest BCUT2D eigenvalue weighted by atomic mass is 10.1. The highest BCUT2D eigenvalue weighted by Crippen LogP contribution is 2.38. The number of aromatic hydroxyl groups is 1. The van der Waals surface area contributed by atoms with Gasteiger partial charge in [0.05, 0.1) is 23.2 Å². The van der Waals surface area contributed by atoms with Gasteiger partial charge in [-0.1, -0.05) is 11.6 Å². The van der Waals surface area contributed by atoms with Crippen molar-refractivity contribution in [2.45, 2.75) is 6.18 Å². The Morgan fingerprint density at radius 1 is 1.16 bits per heavy atom.